The third-order valence-electron chi connectivity index (χ3n) is 3.32. The van der Waals surface area contributed by atoms with Crippen molar-refractivity contribution >= 4 is 11.8 Å². The summed E-state index contributed by atoms with van der Waals surface area (Å²) in [6.45, 7) is 0. The smallest absolute Gasteiger partial charge is 0.324 e. The molecule has 0 saturated heterocycles. The highest BCUT2D eigenvalue weighted by atomic mass is 16.7. The van der Waals surface area contributed by atoms with Gasteiger partial charge < -0.3 is 9.57 Å². The van der Waals surface area contributed by atoms with Crippen LogP contribution in [0.25, 0.3) is 0 Å². The zero-order valence-corrected chi connectivity index (χ0v) is 12.5. The van der Waals surface area contributed by atoms with E-state index in [0.29, 0.717) is 24.2 Å². The summed E-state index contributed by atoms with van der Waals surface area (Å²) in [5.41, 5.74) is 0.644. The lowest BCUT2D eigenvalue weighted by atomic mass is 10.0. The summed E-state index contributed by atoms with van der Waals surface area (Å²) >= 11 is 0. The van der Waals surface area contributed by atoms with Gasteiger partial charge in [-0.2, -0.15) is 5.90 Å². The van der Waals surface area contributed by atoms with Crippen molar-refractivity contribution in [2.75, 3.05) is 7.11 Å². The first kappa shape index (κ1) is 17.2. The van der Waals surface area contributed by atoms with E-state index in [0.717, 1.165) is 32.1 Å². The van der Waals surface area contributed by atoms with Gasteiger partial charge in [0.1, 0.15) is 5.75 Å². The van der Waals surface area contributed by atoms with Crippen LogP contribution in [0.4, 0.5) is 0 Å². The number of hydrogen-bond acceptors (Lipinski definition) is 5. The van der Waals surface area contributed by atoms with Crippen molar-refractivity contribution < 1.29 is 19.2 Å². The maximum absolute atomic E-state index is 12.1. The topological polar surface area (TPSA) is 78.6 Å². The monoisotopic (exact) mass is 293 g/mol. The number of rotatable bonds is 10. The van der Waals surface area contributed by atoms with E-state index in [-0.39, 0.29) is 11.8 Å². The molecule has 0 unspecified atom stereocenters. The summed E-state index contributed by atoms with van der Waals surface area (Å²) in [5.74, 6) is 5.11. The van der Waals surface area contributed by atoms with Gasteiger partial charge in [0, 0.05) is 12.8 Å². The molecule has 2 N–H and O–H groups in total. The van der Waals surface area contributed by atoms with E-state index >= 15 is 0 Å². The van der Waals surface area contributed by atoms with Gasteiger partial charge in [0.05, 0.1) is 12.7 Å². The second-order valence-corrected chi connectivity index (χ2v) is 4.88. The molecule has 1 aromatic rings. The molecule has 0 saturated carbocycles. The van der Waals surface area contributed by atoms with Crippen molar-refractivity contribution in [2.24, 2.45) is 5.90 Å². The van der Waals surface area contributed by atoms with E-state index in [1.54, 1.807) is 19.2 Å². The summed E-state index contributed by atoms with van der Waals surface area (Å²) in [6.07, 6.45) is 5.41. The number of Topliss-reactive ketones (excluding diaryl/α,β-unsaturated/α-hetero) is 1. The average Bonchev–Trinajstić information content (AvgIpc) is 2.53. The van der Waals surface area contributed by atoms with Crippen molar-refractivity contribution in [1.82, 2.24) is 0 Å². The normalized spacial score (nSPS) is 10.2. The summed E-state index contributed by atoms with van der Waals surface area (Å²) in [6, 6.07) is 7.28. The van der Waals surface area contributed by atoms with Crippen LogP contribution < -0.4 is 10.6 Å². The van der Waals surface area contributed by atoms with E-state index in [4.69, 9.17) is 10.6 Å². The molecule has 0 aromatic heterocycles. The molecule has 0 atom stereocenters. The summed E-state index contributed by atoms with van der Waals surface area (Å²) in [4.78, 5) is 27.0. The first-order chi connectivity index (χ1) is 10.2. The zero-order valence-electron chi connectivity index (χ0n) is 12.5. The molecule has 0 aliphatic rings. The molecule has 21 heavy (non-hydrogen) atoms. The lowest BCUT2D eigenvalue weighted by Crippen LogP contribution is -2.09. The van der Waals surface area contributed by atoms with Gasteiger partial charge in [0.25, 0.3) is 0 Å². The molecule has 0 aliphatic carbocycles. The number of carbonyl (C=O) groups excluding carboxylic acids is 2. The molecule has 0 radical (unpaired) electrons. The number of ether oxygens (including phenoxy) is 1. The molecule has 1 aromatic carbocycles. The molecular formula is C16H23NO4. The highest BCUT2D eigenvalue weighted by molar-refractivity contribution is 5.98. The van der Waals surface area contributed by atoms with Crippen LogP contribution in [0.5, 0.6) is 5.75 Å². The fraction of sp³-hybridized carbons (Fsp3) is 0.500. The SMILES string of the molecule is COc1ccccc1C(=O)CCCCCCCC(=O)ON. The van der Waals surface area contributed by atoms with Crippen LogP contribution in [0.2, 0.25) is 0 Å². The Bertz CT molecular complexity index is 459. The van der Waals surface area contributed by atoms with Gasteiger partial charge in [-0.15, -0.1) is 0 Å². The predicted octanol–water partition coefficient (Wildman–Crippen LogP) is 3.03. The third-order valence-corrected chi connectivity index (χ3v) is 3.32. The number of nitrogens with two attached hydrogens (primary N) is 1. The van der Waals surface area contributed by atoms with Crippen LogP contribution in [-0.2, 0) is 9.63 Å². The van der Waals surface area contributed by atoms with Crippen molar-refractivity contribution in [3.63, 3.8) is 0 Å². The maximum Gasteiger partial charge on any atom is 0.324 e. The van der Waals surface area contributed by atoms with Crippen LogP contribution in [-0.4, -0.2) is 18.9 Å². The molecule has 0 aliphatic heterocycles. The molecule has 1 rings (SSSR count). The van der Waals surface area contributed by atoms with Crippen LogP contribution in [0.1, 0.15) is 55.3 Å². The lowest BCUT2D eigenvalue weighted by molar-refractivity contribution is -0.144. The Hall–Kier alpha value is -1.88. The summed E-state index contributed by atoms with van der Waals surface area (Å²) in [5, 5.41) is 0. The predicted molar refractivity (Wildman–Crippen MR) is 79.9 cm³/mol. The van der Waals surface area contributed by atoms with Crippen molar-refractivity contribution in [1.29, 1.82) is 0 Å². The molecule has 0 fully saturated rings. The number of para-hydroxylation sites is 1. The Balaban J connectivity index is 2.18. The second kappa shape index (κ2) is 9.94. The van der Waals surface area contributed by atoms with E-state index < -0.39 is 0 Å². The highest BCUT2D eigenvalue weighted by Gasteiger charge is 2.10. The van der Waals surface area contributed by atoms with Crippen molar-refractivity contribution in [3.05, 3.63) is 29.8 Å². The number of methoxy groups -OCH3 is 1. The Kier molecular flexibility index (Phi) is 8.12. The highest BCUT2D eigenvalue weighted by Crippen LogP contribution is 2.20. The molecule has 0 spiro atoms. The average molecular weight is 293 g/mol. The first-order valence-electron chi connectivity index (χ1n) is 7.24. The van der Waals surface area contributed by atoms with Gasteiger partial charge in [0.2, 0.25) is 0 Å². The van der Waals surface area contributed by atoms with Gasteiger partial charge in [-0.05, 0) is 25.0 Å². The summed E-state index contributed by atoms with van der Waals surface area (Å²) in [7, 11) is 1.57. The van der Waals surface area contributed by atoms with Gasteiger partial charge >= 0.3 is 5.97 Å². The molecule has 0 heterocycles. The molecule has 5 heteroatoms. The quantitative estimate of drug-likeness (QED) is 0.407. The summed E-state index contributed by atoms with van der Waals surface area (Å²) < 4.78 is 5.18. The second-order valence-electron chi connectivity index (χ2n) is 4.88. The van der Waals surface area contributed by atoms with Crippen molar-refractivity contribution in [2.45, 2.75) is 44.9 Å². The minimum Gasteiger partial charge on any atom is -0.496 e. The minimum absolute atomic E-state index is 0.110. The third kappa shape index (κ3) is 6.40. The number of unbranched alkanes of at least 4 members (excludes halogenated alkanes) is 4. The number of ketones is 1. The van der Waals surface area contributed by atoms with E-state index in [2.05, 4.69) is 4.84 Å². The molecule has 0 amide bonds. The Labute approximate surface area is 125 Å². The number of hydrogen-bond donors (Lipinski definition) is 1. The molecule has 116 valence electrons. The number of carbonyl (C=O) groups is 2. The van der Waals surface area contributed by atoms with Gasteiger partial charge in [0.15, 0.2) is 5.78 Å². The van der Waals surface area contributed by atoms with E-state index in [9.17, 15) is 9.59 Å². The number of benzene rings is 1. The Morgan fingerprint density at radius 3 is 2.29 bits per heavy atom. The first-order valence-corrected chi connectivity index (χ1v) is 7.24. The van der Waals surface area contributed by atoms with Crippen molar-refractivity contribution in [3.8, 4) is 5.75 Å². The standard InChI is InChI=1S/C16H23NO4/c1-20-15-11-8-7-9-13(15)14(18)10-5-3-2-4-6-12-16(19)21-17/h7-9,11H,2-6,10,12,17H2,1H3. The van der Waals surface area contributed by atoms with Crippen LogP contribution >= 0.6 is 0 Å². The van der Waals surface area contributed by atoms with Gasteiger partial charge in [-0.1, -0.05) is 31.4 Å². The Morgan fingerprint density at radius 1 is 1.00 bits per heavy atom. The fourth-order valence-electron chi connectivity index (χ4n) is 2.15. The largest absolute Gasteiger partial charge is 0.496 e. The van der Waals surface area contributed by atoms with E-state index in [1.807, 2.05) is 12.1 Å². The van der Waals surface area contributed by atoms with Crippen LogP contribution in [0.3, 0.4) is 0 Å². The zero-order chi connectivity index (χ0) is 15.5. The molecule has 0 bridgehead atoms. The molecular weight excluding hydrogens is 270 g/mol. The molecule has 5 nitrogen and oxygen atoms in total. The maximum atomic E-state index is 12.1. The van der Waals surface area contributed by atoms with E-state index in [1.165, 1.54) is 0 Å². The lowest BCUT2D eigenvalue weighted by Gasteiger charge is -2.07. The fourth-order valence-corrected chi connectivity index (χ4v) is 2.15. The Morgan fingerprint density at radius 2 is 1.62 bits per heavy atom. The minimum atomic E-state index is -0.374. The van der Waals surface area contributed by atoms with Crippen LogP contribution in [0.15, 0.2) is 24.3 Å². The van der Waals surface area contributed by atoms with Crippen LogP contribution in [0, 0.1) is 0 Å². The van der Waals surface area contributed by atoms with Gasteiger partial charge in [-0.3, -0.25) is 9.59 Å². The van der Waals surface area contributed by atoms with Gasteiger partial charge in [-0.25, -0.2) is 0 Å².